The molecule has 1 aromatic heterocycles. The Balaban J connectivity index is 2.62. The van der Waals surface area contributed by atoms with Crippen LogP contribution in [0.5, 0.6) is 0 Å². The molecule has 1 heterocycles. The average molecular weight is 319 g/mol. The van der Waals surface area contributed by atoms with Gasteiger partial charge in [0, 0.05) is 23.9 Å². The van der Waals surface area contributed by atoms with Gasteiger partial charge in [-0.2, -0.15) is 0 Å². The summed E-state index contributed by atoms with van der Waals surface area (Å²) in [7, 11) is 1.87. The van der Waals surface area contributed by atoms with Crippen LogP contribution in [0.2, 0.25) is 0 Å². The van der Waals surface area contributed by atoms with Gasteiger partial charge in [-0.05, 0) is 42.0 Å². The number of amides is 1. The molecule has 0 saturated carbocycles. The summed E-state index contributed by atoms with van der Waals surface area (Å²) in [6.45, 7) is 6.17. The molecule has 3 nitrogen and oxygen atoms in total. The molecule has 1 aromatic rings. The van der Waals surface area contributed by atoms with Gasteiger partial charge in [-0.1, -0.05) is 6.92 Å². The van der Waals surface area contributed by atoms with Crippen molar-refractivity contribution in [3.05, 3.63) is 20.8 Å². The predicted octanol–water partition coefficient (Wildman–Crippen LogP) is 2.71. The van der Waals surface area contributed by atoms with E-state index < -0.39 is 0 Å². The molecule has 1 N–H and O–H groups in total. The van der Waals surface area contributed by atoms with Crippen LogP contribution in [0.15, 0.2) is 15.9 Å². The minimum absolute atomic E-state index is 0.0309. The Morgan fingerprint density at radius 1 is 1.59 bits per heavy atom. The van der Waals surface area contributed by atoms with E-state index in [-0.39, 0.29) is 11.8 Å². The average Bonchev–Trinajstić information content (AvgIpc) is 2.71. The zero-order chi connectivity index (χ0) is 12.8. The lowest BCUT2D eigenvalue weighted by Gasteiger charge is -2.23. The van der Waals surface area contributed by atoms with Crippen LogP contribution in [0.1, 0.15) is 18.7 Å². The molecule has 96 valence electrons. The first-order valence-corrected chi connectivity index (χ1v) is 7.37. The standard InChI is InChI=1S/C12H19BrN2OS/c1-4-15(12(16)9(2)7-14-3)8-10-5-6-11(13)17-10/h5-6,9,14H,4,7-8H2,1-3H3. The summed E-state index contributed by atoms with van der Waals surface area (Å²) in [4.78, 5) is 15.3. The van der Waals surface area contributed by atoms with E-state index in [4.69, 9.17) is 0 Å². The third kappa shape index (κ3) is 4.41. The molecule has 0 aromatic carbocycles. The van der Waals surface area contributed by atoms with Gasteiger partial charge in [0.05, 0.1) is 10.3 Å². The molecule has 5 heteroatoms. The monoisotopic (exact) mass is 318 g/mol. The molecule has 0 aliphatic rings. The van der Waals surface area contributed by atoms with Gasteiger partial charge in [0.15, 0.2) is 0 Å². The Labute approximate surface area is 115 Å². The quantitative estimate of drug-likeness (QED) is 0.874. The molecule has 0 saturated heterocycles. The van der Waals surface area contributed by atoms with E-state index in [0.29, 0.717) is 6.54 Å². The van der Waals surface area contributed by atoms with Crippen molar-refractivity contribution >= 4 is 33.2 Å². The molecule has 1 rings (SSSR count). The van der Waals surface area contributed by atoms with Crippen molar-refractivity contribution < 1.29 is 4.79 Å². The number of nitrogens with one attached hydrogen (secondary N) is 1. The van der Waals surface area contributed by atoms with E-state index in [9.17, 15) is 4.79 Å². The van der Waals surface area contributed by atoms with Crippen molar-refractivity contribution in [2.24, 2.45) is 5.92 Å². The first kappa shape index (κ1) is 14.7. The fourth-order valence-electron chi connectivity index (χ4n) is 1.68. The number of nitrogens with zero attached hydrogens (tertiary/aromatic N) is 1. The predicted molar refractivity (Wildman–Crippen MR) is 76.2 cm³/mol. The van der Waals surface area contributed by atoms with Gasteiger partial charge in [-0.15, -0.1) is 11.3 Å². The molecule has 1 amide bonds. The molecule has 0 aliphatic carbocycles. The van der Waals surface area contributed by atoms with Gasteiger partial charge < -0.3 is 10.2 Å². The normalized spacial score (nSPS) is 12.5. The number of hydrogen-bond acceptors (Lipinski definition) is 3. The van der Waals surface area contributed by atoms with Crippen LogP contribution in [-0.2, 0) is 11.3 Å². The maximum atomic E-state index is 12.2. The van der Waals surface area contributed by atoms with Crippen molar-refractivity contribution in [2.45, 2.75) is 20.4 Å². The highest BCUT2D eigenvalue weighted by Crippen LogP contribution is 2.23. The third-order valence-electron chi connectivity index (χ3n) is 2.60. The molecule has 0 bridgehead atoms. The Morgan fingerprint density at radius 2 is 2.29 bits per heavy atom. The summed E-state index contributed by atoms with van der Waals surface area (Å²) in [6, 6.07) is 4.09. The van der Waals surface area contributed by atoms with Crippen LogP contribution in [-0.4, -0.2) is 30.9 Å². The minimum Gasteiger partial charge on any atom is -0.338 e. The van der Waals surface area contributed by atoms with E-state index in [1.54, 1.807) is 11.3 Å². The summed E-state index contributed by atoms with van der Waals surface area (Å²) < 4.78 is 1.11. The summed E-state index contributed by atoms with van der Waals surface area (Å²) in [6.07, 6.45) is 0. The zero-order valence-corrected chi connectivity index (χ0v) is 12.9. The van der Waals surface area contributed by atoms with Crippen LogP contribution in [0.25, 0.3) is 0 Å². The Kier molecular flexibility index (Phi) is 6.16. The molecular weight excluding hydrogens is 300 g/mol. The van der Waals surface area contributed by atoms with Gasteiger partial charge in [-0.3, -0.25) is 4.79 Å². The maximum absolute atomic E-state index is 12.2. The third-order valence-corrected chi connectivity index (χ3v) is 4.21. The van der Waals surface area contributed by atoms with Crippen LogP contribution in [0.4, 0.5) is 0 Å². The SMILES string of the molecule is CCN(Cc1ccc(Br)s1)C(=O)C(C)CNC. The van der Waals surface area contributed by atoms with Gasteiger partial charge in [0.2, 0.25) is 5.91 Å². The van der Waals surface area contributed by atoms with Crippen LogP contribution in [0, 0.1) is 5.92 Å². The minimum atomic E-state index is 0.0309. The van der Waals surface area contributed by atoms with Crippen molar-refractivity contribution in [3.63, 3.8) is 0 Å². The van der Waals surface area contributed by atoms with E-state index in [0.717, 1.165) is 16.9 Å². The smallest absolute Gasteiger partial charge is 0.227 e. The molecule has 0 radical (unpaired) electrons. The van der Waals surface area contributed by atoms with Crippen LogP contribution < -0.4 is 5.32 Å². The first-order chi connectivity index (χ1) is 8.08. The second-order valence-electron chi connectivity index (χ2n) is 4.02. The number of rotatable bonds is 6. The number of carbonyl (C=O) groups is 1. The van der Waals surface area contributed by atoms with E-state index in [1.807, 2.05) is 31.9 Å². The van der Waals surface area contributed by atoms with Crippen LogP contribution in [0.3, 0.4) is 0 Å². The molecule has 1 atom stereocenters. The molecule has 0 spiro atoms. The zero-order valence-electron chi connectivity index (χ0n) is 10.5. The van der Waals surface area contributed by atoms with Crippen molar-refractivity contribution in [3.8, 4) is 0 Å². The Bertz CT molecular complexity index is 367. The van der Waals surface area contributed by atoms with Crippen molar-refractivity contribution in [1.82, 2.24) is 10.2 Å². The van der Waals surface area contributed by atoms with E-state index >= 15 is 0 Å². The largest absolute Gasteiger partial charge is 0.338 e. The lowest BCUT2D eigenvalue weighted by atomic mass is 10.1. The maximum Gasteiger partial charge on any atom is 0.227 e. The number of thiophene rings is 1. The van der Waals surface area contributed by atoms with E-state index in [2.05, 4.69) is 27.3 Å². The van der Waals surface area contributed by atoms with Gasteiger partial charge in [-0.25, -0.2) is 0 Å². The fraction of sp³-hybridized carbons (Fsp3) is 0.583. The number of hydrogen-bond donors (Lipinski definition) is 1. The van der Waals surface area contributed by atoms with E-state index in [1.165, 1.54) is 4.88 Å². The lowest BCUT2D eigenvalue weighted by Crippen LogP contribution is -2.37. The Hall–Kier alpha value is -0.390. The number of carbonyl (C=O) groups excluding carboxylic acids is 1. The number of halogens is 1. The lowest BCUT2D eigenvalue weighted by molar-refractivity contribution is -0.135. The molecule has 17 heavy (non-hydrogen) atoms. The first-order valence-electron chi connectivity index (χ1n) is 5.76. The van der Waals surface area contributed by atoms with Crippen molar-refractivity contribution in [2.75, 3.05) is 20.1 Å². The van der Waals surface area contributed by atoms with Gasteiger partial charge >= 0.3 is 0 Å². The summed E-state index contributed by atoms with van der Waals surface area (Å²) >= 11 is 5.12. The van der Waals surface area contributed by atoms with Crippen LogP contribution >= 0.6 is 27.3 Å². The second kappa shape index (κ2) is 7.13. The highest BCUT2D eigenvalue weighted by atomic mass is 79.9. The van der Waals surface area contributed by atoms with Gasteiger partial charge in [0.1, 0.15) is 0 Å². The summed E-state index contributed by atoms with van der Waals surface area (Å²) in [5, 5.41) is 3.04. The molecular formula is C12H19BrN2OS. The highest BCUT2D eigenvalue weighted by Gasteiger charge is 2.19. The molecule has 0 fully saturated rings. The summed E-state index contributed by atoms with van der Waals surface area (Å²) in [5.41, 5.74) is 0. The Morgan fingerprint density at radius 3 is 2.76 bits per heavy atom. The molecule has 0 aliphatic heterocycles. The van der Waals surface area contributed by atoms with Gasteiger partial charge in [0.25, 0.3) is 0 Å². The summed E-state index contributed by atoms with van der Waals surface area (Å²) in [5.74, 6) is 0.245. The highest BCUT2D eigenvalue weighted by molar-refractivity contribution is 9.11. The second-order valence-corrected chi connectivity index (χ2v) is 6.56. The van der Waals surface area contributed by atoms with Crippen molar-refractivity contribution in [1.29, 1.82) is 0 Å². The topological polar surface area (TPSA) is 32.3 Å². The molecule has 1 unspecified atom stereocenters. The fourth-order valence-corrected chi connectivity index (χ4v) is 3.17.